The molecule has 0 radical (unpaired) electrons. The second kappa shape index (κ2) is 6.77. The van der Waals surface area contributed by atoms with Crippen molar-refractivity contribution in [1.29, 1.82) is 0 Å². The van der Waals surface area contributed by atoms with Crippen LogP contribution in [0.25, 0.3) is 0 Å². The average molecular weight is 417 g/mol. The van der Waals surface area contributed by atoms with Gasteiger partial charge in [-0.1, -0.05) is 11.6 Å². The summed E-state index contributed by atoms with van der Waals surface area (Å²) >= 11 is 7.91. The van der Waals surface area contributed by atoms with Crippen LogP contribution in [-0.4, -0.2) is 17.1 Å². The monoisotopic (exact) mass is 416 g/mol. The highest BCUT2D eigenvalue weighted by molar-refractivity contribution is 14.1. The molecule has 0 saturated heterocycles. The van der Waals surface area contributed by atoms with Crippen LogP contribution in [0.5, 0.6) is 0 Å². The molecule has 0 aromatic heterocycles. The number of halogens is 2. The summed E-state index contributed by atoms with van der Waals surface area (Å²) in [5.41, 5.74) is 0.717. The first-order valence-electron chi connectivity index (χ1n) is 5.82. The highest BCUT2D eigenvalue weighted by atomic mass is 127. The van der Waals surface area contributed by atoms with Crippen molar-refractivity contribution in [3.63, 3.8) is 0 Å². The lowest BCUT2D eigenvalue weighted by molar-refractivity contribution is 0.0698. The lowest BCUT2D eigenvalue weighted by Crippen LogP contribution is -2.21. The number of carbonyl (C=O) groups is 2. The van der Waals surface area contributed by atoms with Crippen molar-refractivity contribution in [3.8, 4) is 0 Å². The maximum Gasteiger partial charge on any atom is 0.337 e. The number of carbonyl (C=O) groups excluding carboxylic acids is 1. The van der Waals surface area contributed by atoms with E-state index in [2.05, 4.69) is 33.2 Å². The SMILES string of the molecule is O=C(Nc1ccc(I)cc1)Nc1ccc(Cl)cc1C(=O)O. The second-order valence-corrected chi connectivity index (χ2v) is 5.76. The molecule has 0 aliphatic rings. The van der Waals surface area contributed by atoms with Gasteiger partial charge < -0.3 is 15.7 Å². The molecule has 2 aromatic rings. The first-order chi connectivity index (χ1) is 9.95. The molecular formula is C14H10ClIN2O3. The van der Waals surface area contributed by atoms with Crippen LogP contribution in [0.1, 0.15) is 10.4 Å². The lowest BCUT2D eigenvalue weighted by Gasteiger charge is -2.10. The number of carboxylic acid groups (broad SMARTS) is 1. The molecule has 108 valence electrons. The summed E-state index contributed by atoms with van der Waals surface area (Å²) in [6.07, 6.45) is 0. The number of amides is 2. The molecule has 0 bridgehead atoms. The van der Waals surface area contributed by atoms with Gasteiger partial charge in [-0.25, -0.2) is 9.59 Å². The van der Waals surface area contributed by atoms with E-state index >= 15 is 0 Å². The Balaban J connectivity index is 2.12. The highest BCUT2D eigenvalue weighted by Gasteiger charge is 2.13. The quantitative estimate of drug-likeness (QED) is 0.653. The molecule has 3 N–H and O–H groups in total. The number of nitrogens with one attached hydrogen (secondary N) is 2. The Morgan fingerprint density at radius 1 is 1.05 bits per heavy atom. The molecule has 2 amide bonds. The number of carboxylic acids is 1. The number of rotatable bonds is 3. The zero-order valence-electron chi connectivity index (χ0n) is 10.6. The van der Waals surface area contributed by atoms with Crippen LogP contribution in [0.15, 0.2) is 42.5 Å². The van der Waals surface area contributed by atoms with Gasteiger partial charge in [-0.2, -0.15) is 0 Å². The largest absolute Gasteiger partial charge is 0.478 e. The third-order valence-electron chi connectivity index (χ3n) is 2.56. The van der Waals surface area contributed by atoms with Crippen LogP contribution >= 0.6 is 34.2 Å². The second-order valence-electron chi connectivity index (χ2n) is 4.08. The van der Waals surface area contributed by atoms with E-state index in [4.69, 9.17) is 16.7 Å². The molecular weight excluding hydrogens is 407 g/mol. The van der Waals surface area contributed by atoms with Crippen molar-refractivity contribution < 1.29 is 14.7 Å². The molecule has 7 heteroatoms. The first kappa shape index (κ1) is 15.6. The molecule has 0 spiro atoms. The van der Waals surface area contributed by atoms with Crippen molar-refractivity contribution in [2.75, 3.05) is 10.6 Å². The van der Waals surface area contributed by atoms with E-state index < -0.39 is 12.0 Å². The van der Waals surface area contributed by atoms with Crippen LogP contribution in [0.3, 0.4) is 0 Å². The van der Waals surface area contributed by atoms with E-state index in [0.29, 0.717) is 5.69 Å². The van der Waals surface area contributed by atoms with Crippen LogP contribution in [0.4, 0.5) is 16.2 Å². The molecule has 5 nitrogen and oxygen atoms in total. The van der Waals surface area contributed by atoms with Crippen LogP contribution < -0.4 is 10.6 Å². The predicted molar refractivity (Wildman–Crippen MR) is 90.2 cm³/mol. The summed E-state index contributed by atoms with van der Waals surface area (Å²) in [6, 6.07) is 10.9. The zero-order valence-corrected chi connectivity index (χ0v) is 13.5. The molecule has 0 atom stereocenters. The van der Waals surface area contributed by atoms with Crippen LogP contribution in [0.2, 0.25) is 5.02 Å². The smallest absolute Gasteiger partial charge is 0.337 e. The van der Waals surface area contributed by atoms with Crippen LogP contribution in [0, 0.1) is 3.57 Å². The topological polar surface area (TPSA) is 78.4 Å². The third kappa shape index (κ3) is 4.33. The van der Waals surface area contributed by atoms with Gasteiger partial charge in [-0.05, 0) is 65.1 Å². The van der Waals surface area contributed by atoms with Crippen molar-refractivity contribution in [3.05, 3.63) is 56.6 Å². The van der Waals surface area contributed by atoms with E-state index in [1.165, 1.54) is 18.2 Å². The number of aromatic carboxylic acids is 1. The molecule has 0 unspecified atom stereocenters. The predicted octanol–water partition coefficient (Wildman–Crippen LogP) is 4.29. The number of urea groups is 1. The maximum atomic E-state index is 11.9. The average Bonchev–Trinajstić information content (AvgIpc) is 2.43. The van der Waals surface area contributed by atoms with Gasteiger partial charge in [-0.3, -0.25) is 0 Å². The molecule has 0 saturated carbocycles. The summed E-state index contributed by atoms with van der Waals surface area (Å²) in [4.78, 5) is 23.0. The number of benzene rings is 2. The van der Waals surface area contributed by atoms with Gasteiger partial charge in [0.2, 0.25) is 0 Å². The van der Waals surface area contributed by atoms with E-state index in [1.54, 1.807) is 12.1 Å². The molecule has 21 heavy (non-hydrogen) atoms. The summed E-state index contributed by atoms with van der Waals surface area (Å²) in [6.45, 7) is 0. The minimum Gasteiger partial charge on any atom is -0.478 e. The standard InChI is InChI=1S/C14H10ClIN2O3/c15-8-1-6-12(11(7-8)13(19)20)18-14(21)17-10-4-2-9(16)3-5-10/h1-7H,(H,19,20)(H2,17,18,21). The first-order valence-corrected chi connectivity index (χ1v) is 7.28. The fourth-order valence-electron chi connectivity index (χ4n) is 1.62. The summed E-state index contributed by atoms with van der Waals surface area (Å²) in [5.74, 6) is -1.16. The molecule has 2 aromatic carbocycles. The fraction of sp³-hybridized carbons (Fsp3) is 0. The maximum absolute atomic E-state index is 11.9. The third-order valence-corrected chi connectivity index (χ3v) is 3.52. The summed E-state index contributed by atoms with van der Waals surface area (Å²) in [5, 5.41) is 14.5. The minimum absolute atomic E-state index is 0.0692. The van der Waals surface area contributed by atoms with E-state index in [0.717, 1.165) is 3.57 Å². The Morgan fingerprint density at radius 2 is 1.71 bits per heavy atom. The lowest BCUT2D eigenvalue weighted by atomic mass is 10.2. The van der Waals surface area contributed by atoms with Crippen molar-refractivity contribution in [1.82, 2.24) is 0 Å². The Kier molecular flexibility index (Phi) is 5.03. The van der Waals surface area contributed by atoms with Gasteiger partial charge >= 0.3 is 12.0 Å². The van der Waals surface area contributed by atoms with Gasteiger partial charge in [0.15, 0.2) is 0 Å². The molecule has 0 aliphatic carbocycles. The van der Waals surface area contributed by atoms with Gasteiger partial charge in [0.05, 0.1) is 11.3 Å². The van der Waals surface area contributed by atoms with E-state index in [1.807, 2.05) is 12.1 Å². The van der Waals surface area contributed by atoms with Crippen molar-refractivity contribution >= 4 is 57.6 Å². The Morgan fingerprint density at radius 3 is 2.33 bits per heavy atom. The molecule has 2 rings (SSSR count). The van der Waals surface area contributed by atoms with Gasteiger partial charge in [-0.15, -0.1) is 0 Å². The fourth-order valence-corrected chi connectivity index (χ4v) is 2.15. The van der Waals surface area contributed by atoms with Gasteiger partial charge in [0.25, 0.3) is 0 Å². The highest BCUT2D eigenvalue weighted by Crippen LogP contribution is 2.21. The van der Waals surface area contributed by atoms with E-state index in [9.17, 15) is 9.59 Å². The normalized spacial score (nSPS) is 10.0. The Labute approximate surface area is 139 Å². The minimum atomic E-state index is -1.16. The number of hydrogen-bond acceptors (Lipinski definition) is 2. The van der Waals surface area contributed by atoms with Crippen molar-refractivity contribution in [2.45, 2.75) is 0 Å². The number of hydrogen-bond donors (Lipinski definition) is 3. The Bertz CT molecular complexity index is 689. The summed E-state index contributed by atoms with van der Waals surface area (Å²) in [7, 11) is 0. The molecule has 0 fully saturated rings. The zero-order chi connectivity index (χ0) is 15.4. The van der Waals surface area contributed by atoms with E-state index in [-0.39, 0.29) is 16.3 Å². The Hall–Kier alpha value is -1.80. The van der Waals surface area contributed by atoms with Crippen molar-refractivity contribution in [2.24, 2.45) is 0 Å². The van der Waals surface area contributed by atoms with Crippen LogP contribution in [-0.2, 0) is 0 Å². The molecule has 0 heterocycles. The number of anilines is 2. The van der Waals surface area contributed by atoms with Gasteiger partial charge in [0, 0.05) is 14.3 Å². The molecule has 0 aliphatic heterocycles. The summed E-state index contributed by atoms with van der Waals surface area (Å²) < 4.78 is 1.05. The van der Waals surface area contributed by atoms with Gasteiger partial charge in [0.1, 0.15) is 0 Å².